The van der Waals surface area contributed by atoms with Crippen molar-refractivity contribution in [3.05, 3.63) is 98.0 Å². The van der Waals surface area contributed by atoms with Crippen molar-refractivity contribution < 1.29 is 9.66 Å². The molecule has 0 aliphatic carbocycles. The van der Waals surface area contributed by atoms with Crippen LogP contribution in [0.25, 0.3) is 0 Å². The first kappa shape index (κ1) is 19.0. The number of nitrogens with one attached hydrogen (secondary N) is 1. The molecular formula is C20H16Cl2N2O3. The second kappa shape index (κ2) is 8.75. The van der Waals surface area contributed by atoms with Crippen molar-refractivity contribution in [3.8, 4) is 5.75 Å². The lowest BCUT2D eigenvalue weighted by molar-refractivity contribution is -0.384. The van der Waals surface area contributed by atoms with Crippen LogP contribution >= 0.6 is 23.2 Å². The predicted molar refractivity (Wildman–Crippen MR) is 108 cm³/mol. The summed E-state index contributed by atoms with van der Waals surface area (Å²) in [6.45, 7) is 0.783. The Hall–Kier alpha value is -2.76. The Labute approximate surface area is 166 Å². The Balaban J connectivity index is 1.65. The topological polar surface area (TPSA) is 64.4 Å². The summed E-state index contributed by atoms with van der Waals surface area (Å²) in [5, 5.41) is 14.8. The van der Waals surface area contributed by atoms with E-state index in [2.05, 4.69) is 5.32 Å². The van der Waals surface area contributed by atoms with Crippen molar-refractivity contribution in [1.29, 1.82) is 0 Å². The summed E-state index contributed by atoms with van der Waals surface area (Å²) < 4.78 is 5.72. The monoisotopic (exact) mass is 402 g/mol. The number of non-ortho nitro benzene ring substituents is 1. The minimum absolute atomic E-state index is 0.0325. The number of benzene rings is 3. The second-order valence-corrected chi connectivity index (χ2v) is 6.63. The molecule has 0 aliphatic heterocycles. The van der Waals surface area contributed by atoms with Crippen molar-refractivity contribution in [2.24, 2.45) is 0 Å². The van der Waals surface area contributed by atoms with E-state index in [0.29, 0.717) is 22.3 Å². The fourth-order valence-electron chi connectivity index (χ4n) is 2.48. The molecule has 0 amide bonds. The van der Waals surface area contributed by atoms with Crippen LogP contribution in [0.2, 0.25) is 10.0 Å². The van der Waals surface area contributed by atoms with Crippen LogP contribution in [0.15, 0.2) is 66.7 Å². The number of nitro groups is 1. The smallest absolute Gasteiger partial charge is 0.269 e. The van der Waals surface area contributed by atoms with Gasteiger partial charge in [0.15, 0.2) is 5.75 Å². The Bertz CT molecular complexity index is 909. The molecule has 0 bridgehead atoms. The van der Waals surface area contributed by atoms with Crippen molar-refractivity contribution in [3.63, 3.8) is 0 Å². The van der Waals surface area contributed by atoms with Gasteiger partial charge < -0.3 is 10.1 Å². The summed E-state index contributed by atoms with van der Waals surface area (Å²) in [6.07, 6.45) is 0. The Morgan fingerprint density at radius 3 is 2.15 bits per heavy atom. The Morgan fingerprint density at radius 1 is 0.926 bits per heavy atom. The van der Waals surface area contributed by atoms with E-state index in [0.717, 1.165) is 16.8 Å². The van der Waals surface area contributed by atoms with E-state index in [4.69, 9.17) is 27.9 Å². The summed E-state index contributed by atoms with van der Waals surface area (Å²) in [5.41, 5.74) is 2.74. The van der Waals surface area contributed by atoms with Gasteiger partial charge in [0.05, 0.1) is 15.0 Å². The number of nitrogens with zero attached hydrogens (tertiary/aromatic N) is 1. The maximum absolute atomic E-state index is 10.7. The highest BCUT2D eigenvalue weighted by atomic mass is 35.5. The molecule has 138 valence electrons. The van der Waals surface area contributed by atoms with E-state index in [9.17, 15) is 10.1 Å². The first-order valence-corrected chi connectivity index (χ1v) is 8.91. The largest absolute Gasteiger partial charge is 0.486 e. The fraction of sp³-hybridized carbons (Fsp3) is 0.100. The molecule has 0 atom stereocenters. The number of nitro benzene ring substituents is 1. The first-order valence-electron chi connectivity index (χ1n) is 8.16. The van der Waals surface area contributed by atoms with E-state index >= 15 is 0 Å². The quantitative estimate of drug-likeness (QED) is 0.383. The molecule has 3 rings (SSSR count). The van der Waals surface area contributed by atoms with Crippen LogP contribution in [0.5, 0.6) is 5.75 Å². The zero-order chi connectivity index (χ0) is 19.2. The van der Waals surface area contributed by atoms with Crippen LogP contribution in [-0.4, -0.2) is 4.92 Å². The van der Waals surface area contributed by atoms with Crippen molar-refractivity contribution in [2.75, 3.05) is 5.32 Å². The Kier molecular flexibility index (Phi) is 6.16. The van der Waals surface area contributed by atoms with Gasteiger partial charge in [-0.1, -0.05) is 41.4 Å². The normalized spacial score (nSPS) is 10.4. The van der Waals surface area contributed by atoms with E-state index in [1.165, 1.54) is 12.1 Å². The van der Waals surface area contributed by atoms with Crippen LogP contribution in [-0.2, 0) is 13.2 Å². The van der Waals surface area contributed by atoms with Gasteiger partial charge in [-0.15, -0.1) is 0 Å². The molecule has 0 spiro atoms. The molecule has 0 aromatic heterocycles. The second-order valence-electron chi connectivity index (χ2n) is 5.82. The van der Waals surface area contributed by atoms with E-state index in [1.807, 2.05) is 30.3 Å². The molecule has 0 saturated heterocycles. The molecule has 0 aliphatic rings. The maximum Gasteiger partial charge on any atom is 0.269 e. The van der Waals surface area contributed by atoms with Crippen LogP contribution < -0.4 is 10.1 Å². The average molecular weight is 403 g/mol. The molecule has 3 aromatic rings. The van der Waals surface area contributed by atoms with Crippen molar-refractivity contribution >= 4 is 34.6 Å². The van der Waals surface area contributed by atoms with Gasteiger partial charge in [-0.05, 0) is 47.5 Å². The molecular weight excluding hydrogens is 387 g/mol. The minimum Gasteiger partial charge on any atom is -0.486 e. The van der Waals surface area contributed by atoms with Crippen LogP contribution in [0.4, 0.5) is 11.4 Å². The van der Waals surface area contributed by atoms with Gasteiger partial charge >= 0.3 is 0 Å². The van der Waals surface area contributed by atoms with Crippen molar-refractivity contribution in [1.82, 2.24) is 0 Å². The van der Waals surface area contributed by atoms with Crippen LogP contribution in [0.1, 0.15) is 11.1 Å². The minimum atomic E-state index is -0.444. The number of hydrogen-bond donors (Lipinski definition) is 1. The number of rotatable bonds is 7. The molecule has 27 heavy (non-hydrogen) atoms. The number of hydrogen-bond acceptors (Lipinski definition) is 4. The van der Waals surface area contributed by atoms with Gasteiger partial charge in [0.25, 0.3) is 5.69 Å². The molecule has 0 radical (unpaired) electrons. The summed E-state index contributed by atoms with van der Waals surface area (Å²) in [6, 6.07) is 19.6. The van der Waals surface area contributed by atoms with Crippen molar-refractivity contribution in [2.45, 2.75) is 13.2 Å². The molecule has 3 aromatic carbocycles. The number of ether oxygens (including phenoxy) is 1. The molecule has 7 heteroatoms. The fourth-order valence-corrected chi connectivity index (χ4v) is 3.12. The zero-order valence-corrected chi connectivity index (χ0v) is 15.7. The van der Waals surface area contributed by atoms with E-state index in [-0.39, 0.29) is 12.3 Å². The molecule has 1 N–H and O–H groups in total. The highest BCUT2D eigenvalue weighted by Crippen LogP contribution is 2.35. The molecule has 5 nitrogen and oxygen atoms in total. The summed E-state index contributed by atoms with van der Waals surface area (Å²) >= 11 is 12.6. The number of para-hydroxylation sites is 1. The number of anilines is 1. The van der Waals surface area contributed by atoms with Gasteiger partial charge in [0.1, 0.15) is 6.61 Å². The highest BCUT2D eigenvalue weighted by molar-refractivity contribution is 6.37. The SMILES string of the molecule is O=[N+]([O-])c1ccc(COc2c(Cl)cc(CNc3ccccc3)cc2Cl)cc1. The molecule has 0 saturated carbocycles. The standard InChI is InChI=1S/C20H16Cl2N2O3/c21-18-10-15(12-23-16-4-2-1-3-5-16)11-19(22)20(18)27-13-14-6-8-17(9-7-14)24(25)26/h1-11,23H,12-13H2. The van der Waals surface area contributed by atoms with Crippen LogP contribution in [0.3, 0.4) is 0 Å². The number of halogens is 2. The van der Waals surface area contributed by atoms with Gasteiger partial charge in [0, 0.05) is 24.4 Å². The highest BCUT2D eigenvalue weighted by Gasteiger charge is 2.11. The predicted octanol–water partition coefficient (Wildman–Crippen LogP) is 6.09. The van der Waals surface area contributed by atoms with Gasteiger partial charge in [0.2, 0.25) is 0 Å². The average Bonchev–Trinajstić information content (AvgIpc) is 2.67. The van der Waals surface area contributed by atoms with Crippen LogP contribution in [0, 0.1) is 10.1 Å². The molecule has 0 heterocycles. The molecule has 0 unspecified atom stereocenters. The van der Waals surface area contributed by atoms with Gasteiger partial charge in [-0.3, -0.25) is 10.1 Å². The lowest BCUT2D eigenvalue weighted by atomic mass is 10.2. The van der Waals surface area contributed by atoms with Gasteiger partial charge in [-0.25, -0.2) is 0 Å². The summed E-state index contributed by atoms with van der Waals surface area (Å²) in [5.74, 6) is 0.389. The van der Waals surface area contributed by atoms with Gasteiger partial charge in [-0.2, -0.15) is 0 Å². The lowest BCUT2D eigenvalue weighted by Crippen LogP contribution is -2.01. The van der Waals surface area contributed by atoms with E-state index in [1.54, 1.807) is 24.3 Å². The van der Waals surface area contributed by atoms with E-state index < -0.39 is 4.92 Å². The molecule has 0 fully saturated rings. The Morgan fingerprint density at radius 2 is 1.56 bits per heavy atom. The maximum atomic E-state index is 10.7. The lowest BCUT2D eigenvalue weighted by Gasteiger charge is -2.13. The summed E-state index contributed by atoms with van der Waals surface area (Å²) in [4.78, 5) is 10.2. The zero-order valence-electron chi connectivity index (χ0n) is 14.2. The third kappa shape index (κ3) is 5.12. The summed E-state index contributed by atoms with van der Waals surface area (Å²) in [7, 11) is 0. The first-order chi connectivity index (χ1) is 13.0. The third-order valence-corrected chi connectivity index (χ3v) is 4.42. The third-order valence-electron chi connectivity index (χ3n) is 3.86.